The SMILES string of the molecule is CN=C(NCCc1ccccn1)NCc1ccc(N2CCC(C)CC2)cc1.I. The lowest BCUT2D eigenvalue weighted by molar-refractivity contribution is 0.438. The third-order valence-corrected chi connectivity index (χ3v) is 5.17. The zero-order valence-electron chi connectivity index (χ0n) is 16.9. The molecule has 0 saturated carbocycles. The van der Waals surface area contributed by atoms with Gasteiger partial charge in [-0.25, -0.2) is 0 Å². The van der Waals surface area contributed by atoms with E-state index in [9.17, 15) is 0 Å². The zero-order valence-corrected chi connectivity index (χ0v) is 19.2. The molecule has 1 aliphatic heterocycles. The highest BCUT2D eigenvalue weighted by atomic mass is 127. The van der Waals surface area contributed by atoms with Crippen LogP contribution in [0.4, 0.5) is 5.69 Å². The van der Waals surface area contributed by atoms with E-state index >= 15 is 0 Å². The molecule has 1 saturated heterocycles. The lowest BCUT2D eigenvalue weighted by atomic mass is 9.99. The molecule has 6 heteroatoms. The number of hydrogen-bond donors (Lipinski definition) is 2. The van der Waals surface area contributed by atoms with E-state index < -0.39 is 0 Å². The number of anilines is 1. The van der Waals surface area contributed by atoms with Gasteiger partial charge in [0, 0.05) is 57.2 Å². The number of aliphatic imine (C=N–C) groups is 1. The molecule has 2 aromatic rings. The Kier molecular flexibility index (Phi) is 9.54. The molecule has 1 fully saturated rings. The summed E-state index contributed by atoms with van der Waals surface area (Å²) in [5.41, 5.74) is 3.68. The van der Waals surface area contributed by atoms with Crippen molar-refractivity contribution in [1.29, 1.82) is 0 Å². The summed E-state index contributed by atoms with van der Waals surface area (Å²) < 4.78 is 0. The van der Waals surface area contributed by atoms with E-state index in [0.29, 0.717) is 0 Å². The van der Waals surface area contributed by atoms with Crippen molar-refractivity contribution in [2.45, 2.75) is 32.7 Å². The highest BCUT2D eigenvalue weighted by Crippen LogP contribution is 2.23. The summed E-state index contributed by atoms with van der Waals surface area (Å²) in [6.45, 7) is 6.27. The van der Waals surface area contributed by atoms with Gasteiger partial charge >= 0.3 is 0 Å². The standard InChI is InChI=1S/C22H31N5.HI/c1-18-11-15-27(16-12-18)21-8-6-19(7-9-21)17-26-22(23-2)25-14-10-20-5-3-4-13-24-20;/h3-9,13,18H,10-12,14-17H2,1-2H3,(H2,23,25,26);1H. The fourth-order valence-corrected chi connectivity index (χ4v) is 3.35. The fourth-order valence-electron chi connectivity index (χ4n) is 3.35. The van der Waals surface area contributed by atoms with Crippen LogP contribution in [0, 0.1) is 5.92 Å². The van der Waals surface area contributed by atoms with Crippen molar-refractivity contribution < 1.29 is 0 Å². The number of pyridine rings is 1. The maximum Gasteiger partial charge on any atom is 0.191 e. The van der Waals surface area contributed by atoms with Crippen LogP contribution in [0.25, 0.3) is 0 Å². The summed E-state index contributed by atoms with van der Waals surface area (Å²) in [5.74, 6) is 1.68. The molecule has 0 spiro atoms. The quantitative estimate of drug-likeness (QED) is 0.365. The first kappa shape index (κ1) is 22.5. The molecule has 1 aromatic heterocycles. The molecule has 28 heavy (non-hydrogen) atoms. The Bertz CT molecular complexity index is 709. The highest BCUT2D eigenvalue weighted by molar-refractivity contribution is 14.0. The Hall–Kier alpha value is -1.83. The van der Waals surface area contributed by atoms with Gasteiger partial charge in [0.25, 0.3) is 0 Å². The van der Waals surface area contributed by atoms with E-state index in [1.54, 1.807) is 7.05 Å². The second-order valence-electron chi connectivity index (χ2n) is 7.26. The topological polar surface area (TPSA) is 52.6 Å². The average Bonchev–Trinajstić information content (AvgIpc) is 2.72. The van der Waals surface area contributed by atoms with Crippen LogP contribution in [0.2, 0.25) is 0 Å². The minimum absolute atomic E-state index is 0. The van der Waals surface area contributed by atoms with Gasteiger partial charge in [0.05, 0.1) is 0 Å². The van der Waals surface area contributed by atoms with E-state index in [1.165, 1.54) is 37.2 Å². The number of hydrogen-bond acceptors (Lipinski definition) is 3. The minimum atomic E-state index is 0. The predicted octanol–water partition coefficient (Wildman–Crippen LogP) is 3.84. The first-order chi connectivity index (χ1) is 13.2. The van der Waals surface area contributed by atoms with E-state index in [1.807, 2.05) is 24.4 Å². The van der Waals surface area contributed by atoms with Gasteiger partial charge in [0.2, 0.25) is 0 Å². The normalized spacial score (nSPS) is 15.1. The number of nitrogens with zero attached hydrogens (tertiary/aromatic N) is 3. The zero-order chi connectivity index (χ0) is 18.9. The molecule has 5 nitrogen and oxygen atoms in total. The number of piperidine rings is 1. The van der Waals surface area contributed by atoms with Crippen LogP contribution in [-0.2, 0) is 13.0 Å². The van der Waals surface area contributed by atoms with Crippen molar-refractivity contribution in [2.75, 3.05) is 31.6 Å². The van der Waals surface area contributed by atoms with Crippen LogP contribution in [0.15, 0.2) is 53.7 Å². The first-order valence-electron chi connectivity index (χ1n) is 9.93. The number of aromatic nitrogens is 1. The van der Waals surface area contributed by atoms with Gasteiger partial charge in [-0.3, -0.25) is 9.98 Å². The van der Waals surface area contributed by atoms with Crippen LogP contribution in [0.1, 0.15) is 31.0 Å². The van der Waals surface area contributed by atoms with Gasteiger partial charge in [-0.2, -0.15) is 0 Å². The van der Waals surface area contributed by atoms with E-state index in [0.717, 1.165) is 37.1 Å². The molecule has 0 radical (unpaired) electrons. The smallest absolute Gasteiger partial charge is 0.191 e. The molecule has 0 amide bonds. The molecule has 0 aliphatic carbocycles. The molecule has 1 aromatic carbocycles. The average molecular weight is 493 g/mol. The van der Waals surface area contributed by atoms with Gasteiger partial charge in [0.1, 0.15) is 0 Å². The Labute approximate surface area is 186 Å². The summed E-state index contributed by atoms with van der Waals surface area (Å²) in [4.78, 5) is 11.1. The van der Waals surface area contributed by atoms with E-state index in [-0.39, 0.29) is 24.0 Å². The van der Waals surface area contributed by atoms with Gasteiger partial charge in [0.15, 0.2) is 5.96 Å². The molecule has 0 atom stereocenters. The number of benzene rings is 1. The monoisotopic (exact) mass is 493 g/mol. The van der Waals surface area contributed by atoms with Crippen LogP contribution in [0.3, 0.4) is 0 Å². The summed E-state index contributed by atoms with van der Waals surface area (Å²) in [5, 5.41) is 6.73. The molecule has 0 bridgehead atoms. The fraction of sp³-hybridized carbons (Fsp3) is 0.455. The molecular formula is C22H32IN5. The molecular weight excluding hydrogens is 461 g/mol. The third-order valence-electron chi connectivity index (χ3n) is 5.17. The number of halogens is 1. The van der Waals surface area contributed by atoms with E-state index in [2.05, 4.69) is 56.7 Å². The molecule has 152 valence electrons. The summed E-state index contributed by atoms with van der Waals surface area (Å²) in [7, 11) is 1.80. The van der Waals surface area contributed by atoms with Crippen LogP contribution < -0.4 is 15.5 Å². The molecule has 3 rings (SSSR count). The summed E-state index contributed by atoms with van der Waals surface area (Å²) in [6, 6.07) is 14.9. The second kappa shape index (κ2) is 11.9. The van der Waals surface area contributed by atoms with Crippen molar-refractivity contribution in [2.24, 2.45) is 10.9 Å². The van der Waals surface area contributed by atoms with Crippen molar-refractivity contribution in [3.8, 4) is 0 Å². The summed E-state index contributed by atoms with van der Waals surface area (Å²) >= 11 is 0. The van der Waals surface area contributed by atoms with Crippen LogP contribution in [-0.4, -0.2) is 37.6 Å². The largest absolute Gasteiger partial charge is 0.372 e. The van der Waals surface area contributed by atoms with Gasteiger partial charge in [-0.05, 0) is 48.6 Å². The number of nitrogens with one attached hydrogen (secondary N) is 2. The molecule has 0 unspecified atom stereocenters. The Morgan fingerprint density at radius 1 is 1.11 bits per heavy atom. The van der Waals surface area contributed by atoms with Gasteiger partial charge in [-0.1, -0.05) is 25.1 Å². The Morgan fingerprint density at radius 2 is 1.86 bits per heavy atom. The van der Waals surface area contributed by atoms with Crippen molar-refractivity contribution >= 4 is 35.6 Å². The first-order valence-corrected chi connectivity index (χ1v) is 9.93. The second-order valence-corrected chi connectivity index (χ2v) is 7.26. The Morgan fingerprint density at radius 3 is 2.50 bits per heavy atom. The maximum atomic E-state index is 4.34. The summed E-state index contributed by atoms with van der Waals surface area (Å²) in [6.07, 6.45) is 5.30. The van der Waals surface area contributed by atoms with Gasteiger partial charge < -0.3 is 15.5 Å². The van der Waals surface area contributed by atoms with E-state index in [4.69, 9.17) is 0 Å². The van der Waals surface area contributed by atoms with Gasteiger partial charge in [-0.15, -0.1) is 24.0 Å². The third kappa shape index (κ3) is 6.96. The van der Waals surface area contributed by atoms with Crippen molar-refractivity contribution in [3.05, 3.63) is 59.9 Å². The molecule has 1 aliphatic rings. The lowest BCUT2D eigenvalue weighted by Gasteiger charge is -2.32. The Balaban J connectivity index is 0.00000280. The maximum absolute atomic E-state index is 4.34. The predicted molar refractivity (Wildman–Crippen MR) is 129 cm³/mol. The van der Waals surface area contributed by atoms with Crippen molar-refractivity contribution in [1.82, 2.24) is 15.6 Å². The van der Waals surface area contributed by atoms with Crippen LogP contribution >= 0.6 is 24.0 Å². The molecule has 2 N–H and O–H groups in total. The lowest BCUT2D eigenvalue weighted by Crippen LogP contribution is -2.38. The number of guanidine groups is 1. The molecule has 2 heterocycles. The highest BCUT2D eigenvalue weighted by Gasteiger charge is 2.15. The van der Waals surface area contributed by atoms with Crippen LogP contribution in [0.5, 0.6) is 0 Å². The van der Waals surface area contributed by atoms with Crippen molar-refractivity contribution in [3.63, 3.8) is 0 Å². The minimum Gasteiger partial charge on any atom is -0.372 e. The number of rotatable bonds is 6.